The molecule has 5 heteroatoms. The molecule has 1 heterocycles. The van der Waals surface area contributed by atoms with Crippen LogP contribution in [0.2, 0.25) is 0 Å². The van der Waals surface area contributed by atoms with Crippen molar-refractivity contribution in [2.24, 2.45) is 7.05 Å². The number of rotatable bonds is 6. The molecule has 0 unspecified atom stereocenters. The Morgan fingerprint density at radius 1 is 1.08 bits per heavy atom. The summed E-state index contributed by atoms with van der Waals surface area (Å²) in [6.07, 6.45) is 0. The number of benzene rings is 2. The van der Waals surface area contributed by atoms with Crippen LogP contribution in [0, 0.1) is 6.92 Å². The van der Waals surface area contributed by atoms with E-state index in [1.165, 1.54) is 0 Å². The maximum Gasteiger partial charge on any atom is 0.268 e. The van der Waals surface area contributed by atoms with Crippen LogP contribution >= 0.6 is 0 Å². The summed E-state index contributed by atoms with van der Waals surface area (Å²) in [7, 11) is 3.54. The van der Waals surface area contributed by atoms with E-state index in [1.54, 1.807) is 7.11 Å². The van der Waals surface area contributed by atoms with Gasteiger partial charge in [-0.2, -0.15) is 0 Å². The molecule has 0 fully saturated rings. The molecule has 0 saturated heterocycles. The van der Waals surface area contributed by atoms with Crippen molar-refractivity contribution in [1.82, 2.24) is 9.88 Å². The minimum Gasteiger partial charge on any atom is -0.497 e. The molecule has 1 N–H and O–H groups in total. The van der Waals surface area contributed by atoms with Crippen molar-refractivity contribution in [1.29, 1.82) is 0 Å². The zero-order valence-electron chi connectivity index (χ0n) is 14.7. The van der Waals surface area contributed by atoms with Crippen molar-refractivity contribution in [3.63, 3.8) is 0 Å². The molecule has 5 nitrogen and oxygen atoms in total. The number of ether oxygens (including phenoxy) is 2. The van der Waals surface area contributed by atoms with E-state index in [0.29, 0.717) is 18.8 Å². The number of nitrogens with one attached hydrogen (secondary N) is 1. The fraction of sp³-hybridized carbons (Fsp3) is 0.250. The average molecular weight is 338 g/mol. The maximum absolute atomic E-state index is 12.5. The highest BCUT2D eigenvalue weighted by Crippen LogP contribution is 2.24. The van der Waals surface area contributed by atoms with Crippen LogP contribution in [-0.2, 0) is 7.05 Å². The second-order valence-corrected chi connectivity index (χ2v) is 5.83. The van der Waals surface area contributed by atoms with Gasteiger partial charge in [-0.15, -0.1) is 0 Å². The summed E-state index contributed by atoms with van der Waals surface area (Å²) in [5, 5.41) is 4.03. The highest BCUT2D eigenvalue weighted by molar-refractivity contribution is 6.01. The molecular weight excluding hydrogens is 316 g/mol. The number of aryl methyl sites for hydroxylation is 2. The number of carbonyl (C=O) groups is 1. The zero-order valence-corrected chi connectivity index (χ0v) is 14.7. The van der Waals surface area contributed by atoms with Crippen molar-refractivity contribution in [2.75, 3.05) is 20.3 Å². The Morgan fingerprint density at radius 2 is 1.76 bits per heavy atom. The minimum atomic E-state index is -0.0884. The van der Waals surface area contributed by atoms with Crippen LogP contribution in [0.4, 0.5) is 0 Å². The summed E-state index contributed by atoms with van der Waals surface area (Å²) in [6.45, 7) is 2.82. The van der Waals surface area contributed by atoms with Gasteiger partial charge in [-0.3, -0.25) is 4.79 Å². The monoisotopic (exact) mass is 338 g/mol. The van der Waals surface area contributed by atoms with Gasteiger partial charge in [-0.1, -0.05) is 18.2 Å². The summed E-state index contributed by atoms with van der Waals surface area (Å²) in [4.78, 5) is 12.5. The van der Waals surface area contributed by atoms with Crippen LogP contribution in [0.15, 0.2) is 48.5 Å². The van der Waals surface area contributed by atoms with Crippen molar-refractivity contribution >= 4 is 16.8 Å². The van der Waals surface area contributed by atoms with Gasteiger partial charge in [0, 0.05) is 18.0 Å². The van der Waals surface area contributed by atoms with E-state index in [-0.39, 0.29) is 5.91 Å². The number of carbonyl (C=O) groups excluding carboxylic acids is 1. The fourth-order valence-electron chi connectivity index (χ4n) is 2.99. The molecular formula is C20H22N2O3. The van der Waals surface area contributed by atoms with Crippen molar-refractivity contribution in [3.05, 3.63) is 59.8 Å². The van der Waals surface area contributed by atoms with Crippen LogP contribution in [0.1, 0.15) is 16.1 Å². The molecule has 0 saturated carbocycles. The maximum atomic E-state index is 12.5. The molecule has 1 amide bonds. The largest absolute Gasteiger partial charge is 0.497 e. The molecule has 3 rings (SSSR count). The van der Waals surface area contributed by atoms with Gasteiger partial charge in [-0.05, 0) is 42.8 Å². The quantitative estimate of drug-likeness (QED) is 0.702. The summed E-state index contributed by atoms with van der Waals surface area (Å²) >= 11 is 0. The van der Waals surface area contributed by atoms with Crippen LogP contribution in [0.25, 0.3) is 10.9 Å². The molecule has 130 valence electrons. The number of aromatic nitrogens is 1. The highest BCUT2D eigenvalue weighted by Gasteiger charge is 2.17. The van der Waals surface area contributed by atoms with E-state index in [2.05, 4.69) is 5.32 Å². The Hall–Kier alpha value is -2.95. The van der Waals surface area contributed by atoms with E-state index in [1.807, 2.05) is 67.1 Å². The first-order valence-corrected chi connectivity index (χ1v) is 8.21. The zero-order chi connectivity index (χ0) is 17.8. The molecule has 1 aromatic heterocycles. The third kappa shape index (κ3) is 3.45. The number of para-hydroxylation sites is 1. The molecule has 3 aromatic rings. The molecule has 2 aromatic carbocycles. The van der Waals surface area contributed by atoms with E-state index < -0.39 is 0 Å². The Labute approximate surface area is 147 Å². The predicted octanol–water partition coefficient (Wildman–Crippen LogP) is 3.30. The fourth-order valence-corrected chi connectivity index (χ4v) is 2.99. The lowest BCUT2D eigenvalue weighted by molar-refractivity contribution is 0.0938. The van der Waals surface area contributed by atoms with Gasteiger partial charge in [0.25, 0.3) is 5.91 Å². The third-order valence-corrected chi connectivity index (χ3v) is 4.29. The van der Waals surface area contributed by atoms with Crippen LogP contribution in [0.3, 0.4) is 0 Å². The topological polar surface area (TPSA) is 52.5 Å². The molecule has 0 atom stereocenters. The van der Waals surface area contributed by atoms with Gasteiger partial charge < -0.3 is 19.4 Å². The standard InChI is InChI=1S/C20H22N2O3/c1-14-17-6-4-5-7-18(17)22(2)19(14)20(23)21-12-13-25-16-10-8-15(24-3)9-11-16/h4-11H,12-13H2,1-3H3,(H,21,23). The summed E-state index contributed by atoms with van der Waals surface area (Å²) in [5.41, 5.74) is 2.73. The van der Waals surface area contributed by atoms with Crippen molar-refractivity contribution in [3.8, 4) is 11.5 Å². The Morgan fingerprint density at radius 3 is 2.44 bits per heavy atom. The van der Waals surface area contributed by atoms with Gasteiger partial charge in [0.15, 0.2) is 0 Å². The minimum absolute atomic E-state index is 0.0884. The van der Waals surface area contributed by atoms with Crippen molar-refractivity contribution in [2.45, 2.75) is 6.92 Å². The van der Waals surface area contributed by atoms with Crippen molar-refractivity contribution < 1.29 is 14.3 Å². The van der Waals surface area contributed by atoms with Crippen LogP contribution < -0.4 is 14.8 Å². The van der Waals surface area contributed by atoms with Gasteiger partial charge in [0.2, 0.25) is 0 Å². The van der Waals surface area contributed by atoms with Gasteiger partial charge >= 0.3 is 0 Å². The molecule has 0 aliphatic carbocycles. The first-order chi connectivity index (χ1) is 12.1. The predicted molar refractivity (Wildman–Crippen MR) is 98.5 cm³/mol. The summed E-state index contributed by atoms with van der Waals surface area (Å²) in [5.74, 6) is 1.44. The second-order valence-electron chi connectivity index (χ2n) is 5.83. The number of hydrogen-bond acceptors (Lipinski definition) is 3. The average Bonchev–Trinajstić information content (AvgIpc) is 2.90. The van der Waals surface area contributed by atoms with E-state index in [0.717, 1.165) is 28.0 Å². The van der Waals surface area contributed by atoms with E-state index >= 15 is 0 Å². The molecule has 0 radical (unpaired) electrons. The van der Waals surface area contributed by atoms with Gasteiger partial charge in [-0.25, -0.2) is 0 Å². The lowest BCUT2D eigenvalue weighted by Gasteiger charge is -2.09. The molecule has 0 aliphatic heterocycles. The van der Waals surface area contributed by atoms with E-state index in [4.69, 9.17) is 9.47 Å². The number of nitrogens with zero attached hydrogens (tertiary/aromatic N) is 1. The Balaban J connectivity index is 1.59. The van der Waals surface area contributed by atoms with Crippen LogP contribution in [-0.4, -0.2) is 30.7 Å². The number of amides is 1. The number of fused-ring (bicyclic) bond motifs is 1. The van der Waals surface area contributed by atoms with E-state index in [9.17, 15) is 4.79 Å². The first kappa shape index (κ1) is 16.9. The normalized spacial score (nSPS) is 10.7. The second kappa shape index (κ2) is 7.30. The summed E-state index contributed by atoms with van der Waals surface area (Å²) in [6, 6.07) is 15.4. The molecule has 0 aliphatic rings. The van der Waals surface area contributed by atoms with Crippen LogP contribution in [0.5, 0.6) is 11.5 Å². The highest BCUT2D eigenvalue weighted by atomic mass is 16.5. The number of hydrogen-bond donors (Lipinski definition) is 1. The number of methoxy groups -OCH3 is 1. The molecule has 0 spiro atoms. The lowest BCUT2D eigenvalue weighted by Crippen LogP contribution is -2.30. The Kier molecular flexibility index (Phi) is 4.93. The summed E-state index contributed by atoms with van der Waals surface area (Å²) < 4.78 is 12.7. The lowest BCUT2D eigenvalue weighted by atomic mass is 10.1. The third-order valence-electron chi connectivity index (χ3n) is 4.29. The first-order valence-electron chi connectivity index (χ1n) is 8.21. The smallest absolute Gasteiger partial charge is 0.268 e. The Bertz CT molecular complexity index is 843. The van der Waals surface area contributed by atoms with Gasteiger partial charge in [0.1, 0.15) is 23.8 Å². The SMILES string of the molecule is COc1ccc(OCCNC(=O)c2c(C)c3ccccc3n2C)cc1. The molecule has 25 heavy (non-hydrogen) atoms. The van der Waals surface area contributed by atoms with Gasteiger partial charge in [0.05, 0.1) is 13.7 Å². The molecule has 0 bridgehead atoms.